The number of fused-ring (bicyclic) bond motifs is 1. The third-order valence-corrected chi connectivity index (χ3v) is 6.55. The van der Waals surface area contributed by atoms with Crippen molar-refractivity contribution in [1.82, 2.24) is 25.0 Å². The smallest absolute Gasteiger partial charge is 0.475 e. The number of carboxylic acids is 1. The number of hydrogen-bond donors (Lipinski definition) is 4. The maximum atomic E-state index is 13.7. The molecule has 16 nitrogen and oxygen atoms in total. The van der Waals surface area contributed by atoms with Gasteiger partial charge in [0, 0.05) is 61.6 Å². The Morgan fingerprint density at radius 3 is 2.38 bits per heavy atom. The third-order valence-electron chi connectivity index (χ3n) is 6.55. The number of nitrogens with zero attached hydrogens (tertiary/aromatic N) is 5. The van der Waals surface area contributed by atoms with E-state index in [1.807, 2.05) is 0 Å². The zero-order valence-electron chi connectivity index (χ0n) is 24.7. The lowest BCUT2D eigenvalue weighted by Gasteiger charge is -2.30. The summed E-state index contributed by atoms with van der Waals surface area (Å²) < 4.78 is 38.2. The van der Waals surface area contributed by atoms with Gasteiger partial charge in [0.25, 0.3) is 11.6 Å². The highest BCUT2D eigenvalue weighted by molar-refractivity contribution is 5.98. The number of nitro groups is 1. The number of halogens is 3. The highest BCUT2D eigenvalue weighted by Gasteiger charge is 2.38. The van der Waals surface area contributed by atoms with Crippen molar-refractivity contribution in [3.8, 4) is 0 Å². The lowest BCUT2D eigenvalue weighted by molar-refractivity contribution is -0.384. The van der Waals surface area contributed by atoms with Gasteiger partial charge in [0.05, 0.1) is 17.2 Å². The standard InChI is InChI=1S/C26H28N8O6.C2HF3O2/c1-2-40-23(35)15-33-14-18-13-32(10-9-20(18)31-33)26(37)22(11-16-3-6-19(7-4-16)34(38)39)30-25(36)21-8-5-17(12-29-21)24(27)28;3-2(4,5)1(6)7/h3-8,12,14,22H,2,9-11,13,15H2,1H3,(H3,27,28)(H,30,36);(H,6,7)/t22-;/m0./s1. The van der Waals surface area contributed by atoms with E-state index >= 15 is 0 Å². The number of hydrogen-bond acceptors (Lipinski definition) is 10. The molecule has 0 spiro atoms. The van der Waals surface area contributed by atoms with Gasteiger partial charge < -0.3 is 25.8 Å². The molecule has 3 aromatic rings. The predicted molar refractivity (Wildman–Crippen MR) is 155 cm³/mol. The number of carbonyl (C=O) groups is 4. The molecule has 2 amide bonds. The summed E-state index contributed by atoms with van der Waals surface area (Å²) in [6.07, 6.45) is -1.54. The minimum absolute atomic E-state index is 0.0349. The van der Waals surface area contributed by atoms with Gasteiger partial charge in [-0.1, -0.05) is 12.1 Å². The van der Waals surface area contributed by atoms with Gasteiger partial charge in [0.2, 0.25) is 5.91 Å². The molecular formula is C28H29F3N8O8. The van der Waals surface area contributed by atoms with E-state index in [0.717, 1.165) is 11.3 Å². The van der Waals surface area contributed by atoms with Crippen LogP contribution in [0.25, 0.3) is 0 Å². The van der Waals surface area contributed by atoms with Crippen molar-refractivity contribution in [2.24, 2.45) is 5.73 Å². The van der Waals surface area contributed by atoms with Gasteiger partial charge in [0.1, 0.15) is 24.1 Å². The molecule has 5 N–H and O–H groups in total. The van der Waals surface area contributed by atoms with Gasteiger partial charge in [-0.15, -0.1) is 0 Å². The monoisotopic (exact) mass is 662 g/mol. The Balaban J connectivity index is 0.000000771. The van der Waals surface area contributed by atoms with Crippen molar-refractivity contribution in [3.05, 3.63) is 87.0 Å². The number of amidine groups is 1. The van der Waals surface area contributed by atoms with Crippen LogP contribution >= 0.6 is 0 Å². The summed E-state index contributed by atoms with van der Waals surface area (Å²) >= 11 is 0. The van der Waals surface area contributed by atoms with Crippen LogP contribution in [0.3, 0.4) is 0 Å². The van der Waals surface area contributed by atoms with Crippen LogP contribution in [-0.2, 0) is 45.1 Å². The molecule has 0 saturated heterocycles. The fourth-order valence-corrected chi connectivity index (χ4v) is 4.31. The van der Waals surface area contributed by atoms with Gasteiger partial charge in [-0.25, -0.2) is 4.79 Å². The first-order valence-electron chi connectivity index (χ1n) is 13.7. The Kier molecular flexibility index (Phi) is 11.7. The van der Waals surface area contributed by atoms with Crippen LogP contribution in [0.4, 0.5) is 18.9 Å². The molecule has 0 unspecified atom stereocenters. The van der Waals surface area contributed by atoms with Crippen LogP contribution in [0.15, 0.2) is 48.8 Å². The number of esters is 1. The number of alkyl halides is 3. The highest BCUT2D eigenvalue weighted by atomic mass is 19.4. The number of non-ortho nitro benzene ring substituents is 1. The number of aromatic nitrogens is 3. The van der Waals surface area contributed by atoms with Crippen LogP contribution in [0.5, 0.6) is 0 Å². The number of nitrogen functional groups attached to an aromatic ring is 1. The van der Waals surface area contributed by atoms with E-state index in [0.29, 0.717) is 24.1 Å². The molecule has 250 valence electrons. The summed E-state index contributed by atoms with van der Waals surface area (Å²) in [4.78, 5) is 63.7. The molecule has 2 aromatic heterocycles. The van der Waals surface area contributed by atoms with E-state index < -0.39 is 35.0 Å². The van der Waals surface area contributed by atoms with Gasteiger partial charge in [0.15, 0.2) is 0 Å². The number of aliphatic carboxylic acids is 1. The molecule has 1 atom stereocenters. The molecule has 0 bridgehead atoms. The molecule has 1 aliphatic heterocycles. The summed E-state index contributed by atoms with van der Waals surface area (Å²) in [6, 6.07) is 7.65. The van der Waals surface area contributed by atoms with E-state index in [2.05, 4.69) is 15.4 Å². The number of nitrogens with one attached hydrogen (secondary N) is 2. The lowest BCUT2D eigenvalue weighted by Crippen LogP contribution is -2.51. The second-order valence-corrected chi connectivity index (χ2v) is 9.92. The van der Waals surface area contributed by atoms with Crippen molar-refractivity contribution in [2.45, 2.75) is 45.1 Å². The maximum Gasteiger partial charge on any atom is 0.490 e. The third kappa shape index (κ3) is 10.1. The minimum atomic E-state index is -5.08. The number of benzene rings is 1. The van der Waals surface area contributed by atoms with E-state index in [-0.39, 0.29) is 49.2 Å². The van der Waals surface area contributed by atoms with E-state index in [1.165, 1.54) is 47.3 Å². The zero-order valence-corrected chi connectivity index (χ0v) is 24.7. The SMILES string of the molecule is CCOC(=O)Cn1cc2c(n1)CCN(C(=O)[C@H](Cc1ccc([N+](=O)[O-])cc1)NC(=O)c1ccc(C(=N)N)cn1)C2.O=C(O)C(F)(F)F. The molecule has 1 aromatic carbocycles. The second kappa shape index (κ2) is 15.4. The van der Waals surface area contributed by atoms with Crippen LogP contribution in [0.1, 0.15) is 39.8 Å². The Morgan fingerprint density at radius 2 is 1.85 bits per heavy atom. The van der Waals surface area contributed by atoms with E-state index in [4.69, 9.17) is 25.8 Å². The molecule has 4 rings (SSSR count). The number of pyridine rings is 1. The Labute approximate surface area is 264 Å². The van der Waals surface area contributed by atoms with E-state index in [9.17, 15) is 37.7 Å². The lowest BCUT2D eigenvalue weighted by atomic mass is 10.0. The van der Waals surface area contributed by atoms with Crippen LogP contribution in [0.2, 0.25) is 0 Å². The van der Waals surface area contributed by atoms with Gasteiger partial charge in [-0.2, -0.15) is 18.3 Å². The number of nitrogens with two attached hydrogens (primary N) is 1. The first-order chi connectivity index (χ1) is 22.1. The first kappa shape index (κ1) is 35.6. The Morgan fingerprint density at radius 1 is 1.19 bits per heavy atom. The number of carbonyl (C=O) groups excluding carboxylic acids is 3. The van der Waals surface area contributed by atoms with Crippen LogP contribution in [-0.4, -0.2) is 84.7 Å². The highest BCUT2D eigenvalue weighted by Crippen LogP contribution is 2.20. The average molecular weight is 663 g/mol. The predicted octanol–water partition coefficient (Wildman–Crippen LogP) is 1.59. The Hall–Kier alpha value is -5.88. The quantitative estimate of drug-likeness (QED) is 0.0799. The number of ether oxygens (including phenoxy) is 1. The molecule has 0 aliphatic carbocycles. The summed E-state index contributed by atoms with van der Waals surface area (Å²) in [5, 5.41) is 32.8. The first-order valence-corrected chi connectivity index (χ1v) is 13.7. The summed E-state index contributed by atoms with van der Waals surface area (Å²) in [7, 11) is 0. The molecule has 0 fully saturated rings. The topological polar surface area (TPSA) is 237 Å². The number of carboxylic acid groups (broad SMARTS) is 1. The zero-order chi connectivity index (χ0) is 34.9. The van der Waals surface area contributed by atoms with Crippen molar-refractivity contribution in [1.29, 1.82) is 5.41 Å². The summed E-state index contributed by atoms with van der Waals surface area (Å²) in [5.41, 5.74) is 7.92. The van der Waals surface area contributed by atoms with Crippen LogP contribution < -0.4 is 11.1 Å². The van der Waals surface area contributed by atoms with Gasteiger partial charge in [-0.05, 0) is 24.6 Å². The average Bonchev–Trinajstić information content (AvgIpc) is 3.42. The fourth-order valence-electron chi connectivity index (χ4n) is 4.31. The summed E-state index contributed by atoms with van der Waals surface area (Å²) in [6.45, 7) is 2.53. The molecule has 1 aliphatic rings. The largest absolute Gasteiger partial charge is 0.490 e. The van der Waals surface area contributed by atoms with Crippen molar-refractivity contribution < 1.29 is 47.1 Å². The number of amides is 2. The molecular weight excluding hydrogens is 633 g/mol. The second-order valence-electron chi connectivity index (χ2n) is 9.92. The number of nitro benzene ring substituents is 1. The van der Waals surface area contributed by atoms with Gasteiger partial charge >= 0.3 is 18.1 Å². The van der Waals surface area contributed by atoms with Crippen molar-refractivity contribution in [3.63, 3.8) is 0 Å². The van der Waals surface area contributed by atoms with Crippen molar-refractivity contribution >= 4 is 35.3 Å². The van der Waals surface area contributed by atoms with E-state index in [1.54, 1.807) is 18.0 Å². The molecule has 19 heteroatoms. The fraction of sp³-hybridized carbons (Fsp3) is 0.321. The minimum Gasteiger partial charge on any atom is -0.475 e. The molecule has 47 heavy (non-hydrogen) atoms. The Bertz CT molecular complexity index is 1640. The van der Waals surface area contributed by atoms with Gasteiger partial charge in [-0.3, -0.25) is 39.6 Å². The normalized spacial score (nSPS) is 12.9. The maximum absolute atomic E-state index is 13.7. The molecule has 3 heterocycles. The van der Waals surface area contributed by atoms with Crippen molar-refractivity contribution in [2.75, 3.05) is 13.2 Å². The molecule has 0 saturated carbocycles. The number of rotatable bonds is 10. The summed E-state index contributed by atoms with van der Waals surface area (Å²) in [5.74, 6) is -4.31. The molecule has 0 radical (unpaired) electrons. The van der Waals surface area contributed by atoms with Crippen LogP contribution in [0, 0.1) is 15.5 Å².